The number of aliphatic carboxylic acids is 1. The lowest BCUT2D eigenvalue weighted by Gasteiger charge is -2.24. The molecule has 1 unspecified atom stereocenters. The molecule has 0 saturated heterocycles. The number of likely N-dealkylation sites (N-methyl/N-ethyl adjacent to an activating group) is 1. The number of halogens is 4. The molecule has 9 heteroatoms. The zero-order valence-corrected chi connectivity index (χ0v) is 11.3. The summed E-state index contributed by atoms with van der Waals surface area (Å²) in [7, 11) is 0.808. The van der Waals surface area contributed by atoms with Crippen LogP contribution < -0.4 is 0 Å². The van der Waals surface area contributed by atoms with E-state index >= 15 is 0 Å². The first-order chi connectivity index (χ1) is 8.14. The molecule has 0 aromatic carbocycles. The number of carbonyl (C=O) groups is 2. The van der Waals surface area contributed by atoms with Crippen molar-refractivity contribution in [1.29, 1.82) is 0 Å². The van der Waals surface area contributed by atoms with Crippen molar-refractivity contribution in [3.05, 3.63) is 20.8 Å². The Labute approximate surface area is 112 Å². The van der Waals surface area contributed by atoms with Crippen LogP contribution in [-0.4, -0.2) is 35.1 Å². The predicted molar refractivity (Wildman–Crippen MR) is 61.2 cm³/mol. The van der Waals surface area contributed by atoms with Gasteiger partial charge >= 0.3 is 18.1 Å². The van der Waals surface area contributed by atoms with Crippen LogP contribution >= 0.6 is 27.3 Å². The molecule has 1 N–H and O–H groups in total. The van der Waals surface area contributed by atoms with Gasteiger partial charge in [0, 0.05) is 11.9 Å². The molecule has 1 heterocycles. The van der Waals surface area contributed by atoms with Gasteiger partial charge in [-0.05, 0) is 28.1 Å². The van der Waals surface area contributed by atoms with Crippen molar-refractivity contribution in [2.75, 3.05) is 7.05 Å². The standard InChI is InChI=1S/C9H7BrF3NO3S/c1-14(8(17)9(11,12)13)6(7(15)16)4-2-3-5(10)18-4/h2-3,6H,1H3,(H,15,16). The van der Waals surface area contributed by atoms with Gasteiger partial charge in [0.1, 0.15) is 0 Å². The van der Waals surface area contributed by atoms with E-state index in [4.69, 9.17) is 5.11 Å². The van der Waals surface area contributed by atoms with Crippen molar-refractivity contribution in [2.24, 2.45) is 0 Å². The number of rotatable bonds is 3. The molecule has 1 aromatic rings. The van der Waals surface area contributed by atoms with Gasteiger partial charge in [-0.2, -0.15) is 13.2 Å². The summed E-state index contributed by atoms with van der Waals surface area (Å²) in [5, 5.41) is 8.95. The highest BCUT2D eigenvalue weighted by atomic mass is 79.9. The van der Waals surface area contributed by atoms with Gasteiger partial charge in [0.2, 0.25) is 0 Å². The smallest absolute Gasteiger partial charge is 0.471 e. The van der Waals surface area contributed by atoms with Crippen LogP contribution in [0.25, 0.3) is 0 Å². The fourth-order valence-corrected chi connectivity index (χ4v) is 2.83. The summed E-state index contributed by atoms with van der Waals surface area (Å²) < 4.78 is 37.3. The minimum atomic E-state index is -5.10. The van der Waals surface area contributed by atoms with Gasteiger partial charge < -0.3 is 10.0 Å². The van der Waals surface area contributed by atoms with E-state index in [1.807, 2.05) is 0 Å². The molecule has 18 heavy (non-hydrogen) atoms. The normalized spacial score (nSPS) is 13.2. The van der Waals surface area contributed by atoms with Gasteiger partial charge in [-0.1, -0.05) is 0 Å². The molecule has 0 saturated carbocycles. The Balaban J connectivity index is 3.07. The van der Waals surface area contributed by atoms with Gasteiger partial charge in [-0.25, -0.2) is 4.79 Å². The van der Waals surface area contributed by atoms with Gasteiger partial charge in [0.05, 0.1) is 3.79 Å². The lowest BCUT2D eigenvalue weighted by atomic mass is 10.2. The topological polar surface area (TPSA) is 57.6 Å². The third-order valence-corrected chi connectivity index (χ3v) is 3.72. The maximum Gasteiger partial charge on any atom is 0.471 e. The fraction of sp³-hybridized carbons (Fsp3) is 0.333. The molecular formula is C9H7BrF3NO3S. The van der Waals surface area contributed by atoms with Crippen LogP contribution in [0, 0.1) is 0 Å². The van der Waals surface area contributed by atoms with Crippen LogP contribution in [0.4, 0.5) is 13.2 Å². The molecule has 1 rings (SSSR count). The molecular weight excluding hydrogens is 339 g/mol. The number of hydrogen-bond donors (Lipinski definition) is 1. The van der Waals surface area contributed by atoms with Crippen LogP contribution in [0.3, 0.4) is 0 Å². The molecule has 1 atom stereocenters. The first-order valence-corrected chi connectivity index (χ1v) is 6.07. The number of carboxylic acids is 1. The summed E-state index contributed by atoms with van der Waals surface area (Å²) in [6.45, 7) is 0. The molecule has 0 aliphatic carbocycles. The number of alkyl halides is 3. The Morgan fingerprint density at radius 1 is 1.44 bits per heavy atom. The molecule has 0 bridgehead atoms. The fourth-order valence-electron chi connectivity index (χ4n) is 1.27. The maximum absolute atomic E-state index is 12.3. The van der Waals surface area contributed by atoms with Crippen molar-refractivity contribution in [2.45, 2.75) is 12.2 Å². The average Bonchev–Trinajstić information content (AvgIpc) is 2.61. The summed E-state index contributed by atoms with van der Waals surface area (Å²) >= 11 is 4.03. The zero-order valence-electron chi connectivity index (χ0n) is 8.86. The lowest BCUT2D eigenvalue weighted by Crippen LogP contribution is -2.43. The Morgan fingerprint density at radius 2 is 2.00 bits per heavy atom. The number of hydrogen-bond acceptors (Lipinski definition) is 3. The Bertz CT molecular complexity index is 474. The minimum Gasteiger partial charge on any atom is -0.479 e. The van der Waals surface area contributed by atoms with E-state index in [-0.39, 0.29) is 9.78 Å². The van der Waals surface area contributed by atoms with E-state index in [0.717, 1.165) is 18.4 Å². The maximum atomic E-state index is 12.3. The van der Waals surface area contributed by atoms with Crippen molar-refractivity contribution in [3.8, 4) is 0 Å². The summed E-state index contributed by atoms with van der Waals surface area (Å²) in [6.07, 6.45) is -5.10. The molecule has 1 amide bonds. The lowest BCUT2D eigenvalue weighted by molar-refractivity contribution is -0.188. The molecule has 0 spiro atoms. The minimum absolute atomic E-state index is 0.134. The second kappa shape index (κ2) is 5.27. The van der Waals surface area contributed by atoms with Crippen LogP contribution in [0.5, 0.6) is 0 Å². The first-order valence-electron chi connectivity index (χ1n) is 4.46. The molecule has 0 aliphatic heterocycles. The zero-order chi connectivity index (χ0) is 14.1. The number of nitrogens with zero attached hydrogens (tertiary/aromatic N) is 1. The van der Waals surface area contributed by atoms with E-state index in [9.17, 15) is 22.8 Å². The first kappa shape index (κ1) is 15.0. The summed E-state index contributed by atoms with van der Waals surface area (Å²) in [6, 6.07) is 1.20. The van der Waals surface area contributed by atoms with Crippen molar-refractivity contribution in [3.63, 3.8) is 0 Å². The summed E-state index contributed by atoms with van der Waals surface area (Å²) in [5.41, 5.74) is 0. The molecule has 0 radical (unpaired) electrons. The van der Waals surface area contributed by atoms with Gasteiger partial charge in [0.15, 0.2) is 6.04 Å². The van der Waals surface area contributed by atoms with Crippen molar-refractivity contribution in [1.82, 2.24) is 4.90 Å². The van der Waals surface area contributed by atoms with Crippen molar-refractivity contribution < 1.29 is 27.9 Å². The molecule has 0 fully saturated rings. The van der Waals surface area contributed by atoms with E-state index in [1.165, 1.54) is 12.1 Å². The SMILES string of the molecule is CN(C(=O)C(F)(F)F)C(C(=O)O)c1ccc(Br)s1. The van der Waals surface area contributed by atoms with Gasteiger partial charge in [-0.3, -0.25) is 4.79 Å². The molecule has 100 valence electrons. The quantitative estimate of drug-likeness (QED) is 0.916. The van der Waals surface area contributed by atoms with Crippen LogP contribution in [0.1, 0.15) is 10.9 Å². The monoisotopic (exact) mass is 345 g/mol. The average molecular weight is 346 g/mol. The van der Waals surface area contributed by atoms with E-state index in [0.29, 0.717) is 3.79 Å². The van der Waals surface area contributed by atoms with Crippen LogP contribution in [-0.2, 0) is 9.59 Å². The highest BCUT2D eigenvalue weighted by Gasteiger charge is 2.45. The number of amides is 1. The number of carbonyl (C=O) groups excluding carboxylic acids is 1. The Kier molecular flexibility index (Phi) is 4.38. The van der Waals surface area contributed by atoms with E-state index in [1.54, 1.807) is 0 Å². The second-order valence-corrected chi connectivity index (χ2v) is 5.79. The highest BCUT2D eigenvalue weighted by molar-refractivity contribution is 9.11. The highest BCUT2D eigenvalue weighted by Crippen LogP contribution is 2.32. The van der Waals surface area contributed by atoms with E-state index < -0.39 is 24.1 Å². The second-order valence-electron chi connectivity index (χ2n) is 3.30. The third-order valence-electron chi connectivity index (χ3n) is 2.05. The number of thiophene rings is 1. The van der Waals surface area contributed by atoms with Gasteiger partial charge in [-0.15, -0.1) is 11.3 Å². The molecule has 4 nitrogen and oxygen atoms in total. The predicted octanol–water partition coefficient (Wildman–Crippen LogP) is 2.66. The van der Waals surface area contributed by atoms with Crippen LogP contribution in [0.15, 0.2) is 15.9 Å². The largest absolute Gasteiger partial charge is 0.479 e. The Hall–Kier alpha value is -1.09. The molecule has 1 aromatic heterocycles. The number of carboxylic acid groups (broad SMARTS) is 1. The van der Waals surface area contributed by atoms with Crippen LogP contribution in [0.2, 0.25) is 0 Å². The van der Waals surface area contributed by atoms with E-state index in [2.05, 4.69) is 15.9 Å². The third kappa shape index (κ3) is 3.22. The molecule has 0 aliphatic rings. The summed E-state index contributed by atoms with van der Waals surface area (Å²) in [5.74, 6) is -3.72. The van der Waals surface area contributed by atoms with Gasteiger partial charge in [0.25, 0.3) is 0 Å². The van der Waals surface area contributed by atoms with Crippen molar-refractivity contribution >= 4 is 39.1 Å². The Morgan fingerprint density at radius 3 is 2.33 bits per heavy atom. The summed E-state index contributed by atoms with van der Waals surface area (Å²) in [4.78, 5) is 22.3.